The number of nitrogens with two attached hydrogens (primary N) is 1. The van der Waals surface area contributed by atoms with Gasteiger partial charge in [-0.3, -0.25) is 5.41 Å². The van der Waals surface area contributed by atoms with Crippen molar-refractivity contribution in [2.24, 2.45) is 5.73 Å². The predicted octanol–water partition coefficient (Wildman–Crippen LogP) is 1.12. The van der Waals surface area contributed by atoms with Gasteiger partial charge in [0, 0.05) is 0 Å². The van der Waals surface area contributed by atoms with Gasteiger partial charge in [0.25, 0.3) is 0 Å². The molecule has 0 aromatic heterocycles. The molecule has 0 unspecified atom stereocenters. The molecule has 0 atom stereocenters. The highest BCUT2D eigenvalue weighted by Gasteiger charge is 2.09. The fourth-order valence-corrected chi connectivity index (χ4v) is 0.876. The third-order valence-corrected chi connectivity index (χ3v) is 1.47. The number of amidine groups is 1. The highest BCUT2D eigenvalue weighted by Crippen LogP contribution is 2.18. The van der Waals surface area contributed by atoms with Crippen LogP contribution >= 0.6 is 0 Å². The lowest BCUT2D eigenvalue weighted by Crippen LogP contribution is -2.13. The Morgan fingerprint density at radius 1 is 1.58 bits per heavy atom. The van der Waals surface area contributed by atoms with Gasteiger partial charge in [-0.15, -0.1) is 0 Å². The molecule has 1 aromatic rings. The lowest BCUT2D eigenvalue weighted by Gasteiger charge is -2.04. The average molecular weight is 168 g/mol. The maximum absolute atomic E-state index is 13.2. The van der Waals surface area contributed by atoms with Crippen LogP contribution in [0.2, 0.25) is 0 Å². The summed E-state index contributed by atoms with van der Waals surface area (Å²) in [5.41, 5.74) is 5.19. The van der Waals surface area contributed by atoms with Crippen molar-refractivity contribution in [2.75, 3.05) is 7.11 Å². The van der Waals surface area contributed by atoms with Crippen molar-refractivity contribution < 1.29 is 9.13 Å². The maximum Gasteiger partial charge on any atom is 0.175 e. The number of hydrogen-bond donors (Lipinski definition) is 2. The van der Waals surface area contributed by atoms with Crippen LogP contribution in [0.15, 0.2) is 18.2 Å². The molecule has 0 aliphatic heterocycles. The van der Waals surface area contributed by atoms with Gasteiger partial charge < -0.3 is 10.5 Å². The minimum Gasteiger partial charge on any atom is -0.494 e. The molecule has 0 aliphatic rings. The van der Waals surface area contributed by atoms with Crippen LogP contribution < -0.4 is 10.5 Å². The van der Waals surface area contributed by atoms with E-state index in [9.17, 15) is 4.39 Å². The fraction of sp³-hybridized carbons (Fsp3) is 0.125. The Hall–Kier alpha value is -1.58. The Kier molecular flexibility index (Phi) is 2.28. The molecule has 1 aromatic carbocycles. The monoisotopic (exact) mass is 168 g/mol. The van der Waals surface area contributed by atoms with Gasteiger partial charge in [-0.25, -0.2) is 4.39 Å². The third-order valence-electron chi connectivity index (χ3n) is 1.47. The van der Waals surface area contributed by atoms with Crippen LogP contribution in [-0.4, -0.2) is 12.9 Å². The normalized spacial score (nSPS) is 9.50. The number of rotatable bonds is 2. The molecule has 12 heavy (non-hydrogen) atoms. The predicted molar refractivity (Wildman–Crippen MR) is 44.0 cm³/mol. The third kappa shape index (κ3) is 1.37. The summed E-state index contributed by atoms with van der Waals surface area (Å²) >= 11 is 0. The Morgan fingerprint density at radius 3 is 2.75 bits per heavy atom. The number of methoxy groups -OCH3 is 1. The van der Waals surface area contributed by atoms with E-state index >= 15 is 0 Å². The Balaban J connectivity index is 3.23. The lowest BCUT2D eigenvalue weighted by molar-refractivity contribution is 0.386. The zero-order valence-corrected chi connectivity index (χ0v) is 6.60. The van der Waals surface area contributed by atoms with Crippen LogP contribution in [0.3, 0.4) is 0 Å². The number of nitrogens with one attached hydrogen (secondary N) is 1. The zero-order chi connectivity index (χ0) is 9.14. The largest absolute Gasteiger partial charge is 0.494 e. The van der Waals surface area contributed by atoms with Gasteiger partial charge in [0.2, 0.25) is 0 Å². The van der Waals surface area contributed by atoms with Crippen molar-refractivity contribution in [1.82, 2.24) is 0 Å². The fourth-order valence-electron chi connectivity index (χ4n) is 0.876. The molecule has 0 amide bonds. The number of halogens is 1. The molecule has 1 rings (SSSR count). The first-order chi connectivity index (χ1) is 5.66. The summed E-state index contributed by atoms with van der Waals surface area (Å²) in [6.45, 7) is 0. The van der Waals surface area contributed by atoms with Crippen molar-refractivity contribution >= 4 is 5.84 Å². The van der Waals surface area contributed by atoms with Crippen LogP contribution in [0.1, 0.15) is 5.56 Å². The summed E-state index contributed by atoms with van der Waals surface area (Å²) < 4.78 is 17.9. The van der Waals surface area contributed by atoms with Crippen LogP contribution in [0.25, 0.3) is 0 Å². The molecule has 0 saturated carbocycles. The topological polar surface area (TPSA) is 59.1 Å². The van der Waals surface area contributed by atoms with Gasteiger partial charge in [0.15, 0.2) is 11.6 Å². The van der Waals surface area contributed by atoms with Crippen LogP contribution in [0, 0.1) is 11.2 Å². The van der Waals surface area contributed by atoms with E-state index in [2.05, 4.69) is 0 Å². The molecule has 3 N–H and O–H groups in total. The number of nitrogen functional groups attached to an aromatic ring is 1. The van der Waals surface area contributed by atoms with Crippen LogP contribution in [-0.2, 0) is 0 Å². The van der Waals surface area contributed by atoms with E-state index in [4.69, 9.17) is 15.9 Å². The van der Waals surface area contributed by atoms with Gasteiger partial charge in [0.1, 0.15) is 5.84 Å². The first-order valence-electron chi connectivity index (χ1n) is 3.33. The first-order valence-corrected chi connectivity index (χ1v) is 3.33. The maximum atomic E-state index is 13.2. The second-order valence-corrected chi connectivity index (χ2v) is 2.24. The highest BCUT2D eigenvalue weighted by molar-refractivity contribution is 5.95. The molecule has 0 aliphatic carbocycles. The molecule has 4 heteroatoms. The molecule has 0 radical (unpaired) electrons. The van der Waals surface area contributed by atoms with Gasteiger partial charge in [-0.2, -0.15) is 0 Å². The van der Waals surface area contributed by atoms with E-state index in [1.807, 2.05) is 0 Å². The summed E-state index contributed by atoms with van der Waals surface area (Å²) in [5.74, 6) is -0.790. The standard InChI is InChI=1S/C8H9FN2O/c1-12-6-4-2-3-5(7(6)9)8(10)11/h2-4H,1H3,(H3,10,11). The second kappa shape index (κ2) is 3.21. The SMILES string of the molecule is COc1cccc(C(=N)N)c1F. The smallest absolute Gasteiger partial charge is 0.175 e. The number of ether oxygens (including phenoxy) is 1. The summed E-state index contributed by atoms with van der Waals surface area (Å²) in [5, 5.41) is 7.03. The van der Waals surface area contributed by atoms with Crippen molar-refractivity contribution in [3.05, 3.63) is 29.6 Å². The average Bonchev–Trinajstić information content (AvgIpc) is 2.04. The highest BCUT2D eigenvalue weighted by atomic mass is 19.1. The quantitative estimate of drug-likeness (QED) is 0.513. The molecule has 0 bridgehead atoms. The van der Waals surface area contributed by atoms with Gasteiger partial charge in [-0.05, 0) is 12.1 Å². The summed E-state index contributed by atoms with van der Waals surface area (Å²) in [4.78, 5) is 0. The van der Waals surface area contributed by atoms with E-state index < -0.39 is 5.82 Å². The van der Waals surface area contributed by atoms with Crippen molar-refractivity contribution in [3.8, 4) is 5.75 Å². The molecular formula is C8H9FN2O. The molecular weight excluding hydrogens is 159 g/mol. The second-order valence-electron chi connectivity index (χ2n) is 2.24. The van der Waals surface area contributed by atoms with Crippen molar-refractivity contribution in [3.63, 3.8) is 0 Å². The van der Waals surface area contributed by atoms with E-state index in [0.29, 0.717) is 0 Å². The molecule has 0 fully saturated rings. The Morgan fingerprint density at radius 2 is 2.25 bits per heavy atom. The first kappa shape index (κ1) is 8.52. The summed E-state index contributed by atoms with van der Waals surface area (Å²) in [6.07, 6.45) is 0. The molecule has 0 heterocycles. The van der Waals surface area contributed by atoms with E-state index in [1.165, 1.54) is 19.2 Å². The van der Waals surface area contributed by atoms with Crippen LogP contribution in [0.5, 0.6) is 5.75 Å². The van der Waals surface area contributed by atoms with Crippen molar-refractivity contribution in [2.45, 2.75) is 0 Å². The lowest BCUT2D eigenvalue weighted by atomic mass is 10.2. The van der Waals surface area contributed by atoms with Crippen LogP contribution in [0.4, 0.5) is 4.39 Å². The molecule has 64 valence electrons. The molecule has 3 nitrogen and oxygen atoms in total. The van der Waals surface area contributed by atoms with E-state index in [-0.39, 0.29) is 17.1 Å². The number of benzene rings is 1. The van der Waals surface area contributed by atoms with Gasteiger partial charge in [0.05, 0.1) is 12.7 Å². The number of hydrogen-bond acceptors (Lipinski definition) is 2. The minimum absolute atomic E-state index is 0.0642. The Labute approximate surface area is 69.5 Å². The zero-order valence-electron chi connectivity index (χ0n) is 6.60. The summed E-state index contributed by atoms with van der Waals surface area (Å²) in [6, 6.07) is 4.49. The molecule has 0 saturated heterocycles. The minimum atomic E-state index is -0.590. The van der Waals surface area contributed by atoms with Gasteiger partial charge >= 0.3 is 0 Å². The van der Waals surface area contributed by atoms with E-state index in [0.717, 1.165) is 0 Å². The van der Waals surface area contributed by atoms with Gasteiger partial charge in [-0.1, -0.05) is 6.07 Å². The Bertz CT molecular complexity index is 312. The van der Waals surface area contributed by atoms with Crippen molar-refractivity contribution in [1.29, 1.82) is 5.41 Å². The van der Waals surface area contributed by atoms with E-state index in [1.54, 1.807) is 6.07 Å². The molecule has 0 spiro atoms. The summed E-state index contributed by atoms with van der Waals surface area (Å²) in [7, 11) is 1.36.